The molecule has 0 amide bonds. The molecule has 234 valence electrons. The molecular weight excluding hydrogens is 641 g/mol. The SMILES string of the molecule is COC(=O)C1CC2CCN(S(=O)(=O)c3ccc(N(C)C)c(C(=O)Cl)c3)C2CC1S(=O)(=O)c1ccc(N(C)C)c(C(=O)Cl)c1. The number of methoxy groups -OCH3 is 1. The predicted molar refractivity (Wildman–Crippen MR) is 163 cm³/mol. The maximum Gasteiger partial charge on any atom is 0.310 e. The number of carbonyl (C=O) groups excluding carboxylic acids is 3. The van der Waals surface area contributed by atoms with Gasteiger partial charge in [0.15, 0.2) is 9.84 Å². The van der Waals surface area contributed by atoms with Crippen molar-refractivity contribution in [3.63, 3.8) is 0 Å². The highest BCUT2D eigenvalue weighted by molar-refractivity contribution is 7.92. The summed E-state index contributed by atoms with van der Waals surface area (Å²) in [6.45, 7) is 0.0976. The van der Waals surface area contributed by atoms with E-state index in [-0.39, 0.29) is 46.2 Å². The molecule has 1 saturated carbocycles. The molecule has 2 fully saturated rings. The van der Waals surface area contributed by atoms with Crippen molar-refractivity contribution in [1.29, 1.82) is 0 Å². The molecule has 0 aromatic heterocycles. The van der Waals surface area contributed by atoms with Gasteiger partial charge in [0.25, 0.3) is 10.5 Å². The highest BCUT2D eigenvalue weighted by Crippen LogP contribution is 2.45. The quantitative estimate of drug-likeness (QED) is 0.288. The number of hydrogen-bond acceptors (Lipinski definition) is 10. The Bertz CT molecular complexity index is 1680. The van der Waals surface area contributed by atoms with Crippen LogP contribution in [-0.4, -0.2) is 90.7 Å². The van der Waals surface area contributed by atoms with Gasteiger partial charge in [0.1, 0.15) is 0 Å². The number of esters is 1. The van der Waals surface area contributed by atoms with E-state index < -0.39 is 53.5 Å². The van der Waals surface area contributed by atoms with Gasteiger partial charge in [0, 0.05) is 52.2 Å². The van der Waals surface area contributed by atoms with Crippen molar-refractivity contribution in [2.24, 2.45) is 11.8 Å². The van der Waals surface area contributed by atoms with Gasteiger partial charge in [0.2, 0.25) is 10.0 Å². The van der Waals surface area contributed by atoms with Gasteiger partial charge < -0.3 is 14.5 Å². The van der Waals surface area contributed by atoms with Crippen LogP contribution < -0.4 is 9.80 Å². The summed E-state index contributed by atoms with van der Waals surface area (Å²) in [7, 11) is -0.568. The van der Waals surface area contributed by atoms with Crippen LogP contribution in [0.4, 0.5) is 11.4 Å². The minimum Gasteiger partial charge on any atom is -0.469 e. The zero-order valence-corrected chi connectivity index (χ0v) is 27.4. The van der Waals surface area contributed by atoms with E-state index in [2.05, 4.69) is 0 Å². The Kier molecular flexibility index (Phi) is 9.53. The molecule has 4 rings (SSSR count). The molecule has 1 heterocycles. The molecule has 2 aromatic rings. The normalized spacial score (nSPS) is 22.5. The van der Waals surface area contributed by atoms with Crippen LogP contribution in [0.1, 0.15) is 40.0 Å². The molecule has 43 heavy (non-hydrogen) atoms. The summed E-state index contributed by atoms with van der Waals surface area (Å²) in [6, 6.07) is 7.33. The van der Waals surface area contributed by atoms with Crippen LogP contribution in [0.5, 0.6) is 0 Å². The zero-order valence-electron chi connectivity index (χ0n) is 24.3. The molecule has 0 N–H and O–H groups in total. The van der Waals surface area contributed by atoms with E-state index in [9.17, 15) is 31.2 Å². The molecule has 0 radical (unpaired) electrons. The molecule has 2 aliphatic rings. The fourth-order valence-electron chi connectivity index (χ4n) is 6.17. The second-order valence-corrected chi connectivity index (χ2v) is 15.9. The Balaban J connectivity index is 1.76. The van der Waals surface area contributed by atoms with Crippen LogP contribution in [-0.2, 0) is 29.4 Å². The fraction of sp³-hybridized carbons (Fsp3) is 0.464. The number of hydrogen-bond donors (Lipinski definition) is 0. The summed E-state index contributed by atoms with van der Waals surface area (Å²) in [5.74, 6) is -2.07. The molecule has 2 aromatic carbocycles. The highest BCUT2D eigenvalue weighted by Gasteiger charge is 2.53. The van der Waals surface area contributed by atoms with E-state index in [1.807, 2.05) is 0 Å². The Morgan fingerprint density at radius 3 is 1.84 bits per heavy atom. The highest BCUT2D eigenvalue weighted by atomic mass is 35.5. The van der Waals surface area contributed by atoms with Gasteiger partial charge in [-0.05, 0) is 84.8 Å². The monoisotopic (exact) mass is 673 g/mol. The van der Waals surface area contributed by atoms with E-state index in [0.717, 1.165) is 0 Å². The van der Waals surface area contributed by atoms with Gasteiger partial charge in [-0.25, -0.2) is 16.8 Å². The number of ether oxygens (including phenoxy) is 1. The summed E-state index contributed by atoms with van der Waals surface area (Å²) in [6.07, 6.45) is 0.321. The van der Waals surface area contributed by atoms with Crippen molar-refractivity contribution in [1.82, 2.24) is 4.31 Å². The molecular formula is C28H33Cl2N3O8S2. The summed E-state index contributed by atoms with van der Waals surface area (Å²) >= 11 is 11.6. The first-order chi connectivity index (χ1) is 20.0. The topological polar surface area (TPSA) is 138 Å². The second-order valence-electron chi connectivity index (χ2n) is 11.1. The maximum absolute atomic E-state index is 14.1. The van der Waals surface area contributed by atoms with Crippen molar-refractivity contribution in [3.8, 4) is 0 Å². The van der Waals surface area contributed by atoms with Crippen molar-refractivity contribution in [2.45, 2.75) is 40.3 Å². The van der Waals surface area contributed by atoms with Crippen LogP contribution in [0.15, 0.2) is 46.2 Å². The van der Waals surface area contributed by atoms with Crippen LogP contribution in [0.3, 0.4) is 0 Å². The number of sulfonamides is 1. The number of anilines is 2. The smallest absolute Gasteiger partial charge is 0.310 e. The lowest BCUT2D eigenvalue weighted by Gasteiger charge is -2.39. The summed E-state index contributed by atoms with van der Waals surface area (Å²) in [4.78, 5) is 40.1. The molecule has 1 saturated heterocycles. The number of sulfone groups is 1. The Labute approximate surface area is 261 Å². The minimum atomic E-state index is -4.29. The summed E-state index contributed by atoms with van der Waals surface area (Å²) in [5.41, 5.74) is 0.851. The van der Waals surface area contributed by atoms with Gasteiger partial charge in [-0.2, -0.15) is 4.31 Å². The lowest BCUT2D eigenvalue weighted by atomic mass is 9.78. The third-order valence-corrected chi connectivity index (χ3v) is 12.8. The second kappa shape index (κ2) is 12.4. The number of halogens is 2. The van der Waals surface area contributed by atoms with Crippen molar-refractivity contribution in [2.75, 3.05) is 51.6 Å². The third-order valence-electron chi connectivity index (χ3n) is 8.27. The zero-order chi connectivity index (χ0) is 32.0. The lowest BCUT2D eigenvalue weighted by molar-refractivity contribution is -0.147. The number of rotatable bonds is 9. The van der Waals surface area contributed by atoms with Gasteiger partial charge in [-0.3, -0.25) is 14.4 Å². The van der Waals surface area contributed by atoms with E-state index in [0.29, 0.717) is 17.8 Å². The number of fused-ring (bicyclic) bond motifs is 1. The van der Waals surface area contributed by atoms with Gasteiger partial charge >= 0.3 is 5.97 Å². The van der Waals surface area contributed by atoms with Crippen molar-refractivity contribution < 1.29 is 36.0 Å². The van der Waals surface area contributed by atoms with Crippen molar-refractivity contribution in [3.05, 3.63) is 47.5 Å². The molecule has 4 atom stereocenters. The van der Waals surface area contributed by atoms with E-state index in [1.54, 1.807) is 38.0 Å². The van der Waals surface area contributed by atoms with Crippen LogP contribution >= 0.6 is 23.2 Å². The first-order valence-electron chi connectivity index (χ1n) is 13.4. The first-order valence-corrected chi connectivity index (χ1v) is 17.1. The first kappa shape index (κ1) is 33.2. The Morgan fingerprint density at radius 1 is 0.837 bits per heavy atom. The average molecular weight is 675 g/mol. The Morgan fingerprint density at radius 2 is 1.35 bits per heavy atom. The number of nitrogens with zero attached hydrogens (tertiary/aromatic N) is 3. The standard InChI is InChI=1S/C28H33Cl2N3O8S2/c1-31(2)22-8-6-17(13-19(22)26(29)34)42(37,38)25-15-24-16(12-21(25)28(36)41-5)10-11-33(24)43(39,40)18-7-9-23(32(3)4)20(14-18)27(30)35/h6-9,13-14,16,21,24-25H,10-12,15H2,1-5H3. The number of carbonyl (C=O) groups is 3. The minimum absolute atomic E-state index is 0.0177. The molecule has 1 aliphatic heterocycles. The summed E-state index contributed by atoms with van der Waals surface area (Å²) in [5, 5.41) is -3.01. The average Bonchev–Trinajstić information content (AvgIpc) is 3.39. The predicted octanol–water partition coefficient (Wildman–Crippen LogP) is 3.38. The Hall–Kier alpha value is -2.71. The molecule has 1 aliphatic carbocycles. The number of benzene rings is 2. The lowest BCUT2D eigenvalue weighted by Crippen LogP contribution is -2.49. The molecule has 11 nitrogen and oxygen atoms in total. The van der Waals surface area contributed by atoms with Gasteiger partial charge in [0.05, 0.1) is 39.2 Å². The largest absolute Gasteiger partial charge is 0.469 e. The van der Waals surface area contributed by atoms with Gasteiger partial charge in [-0.1, -0.05) is 0 Å². The van der Waals surface area contributed by atoms with Gasteiger partial charge in [-0.15, -0.1) is 0 Å². The van der Waals surface area contributed by atoms with Crippen LogP contribution in [0.25, 0.3) is 0 Å². The van der Waals surface area contributed by atoms with Crippen molar-refractivity contribution >= 4 is 70.9 Å². The molecule has 0 spiro atoms. The fourth-order valence-corrected chi connectivity index (χ4v) is 10.2. The van der Waals surface area contributed by atoms with E-state index >= 15 is 0 Å². The van der Waals surface area contributed by atoms with Crippen LogP contribution in [0, 0.1) is 11.8 Å². The molecule has 0 bridgehead atoms. The van der Waals surface area contributed by atoms with E-state index in [1.165, 1.54) is 47.8 Å². The van der Waals surface area contributed by atoms with Crippen LogP contribution in [0.2, 0.25) is 0 Å². The maximum atomic E-state index is 14.1. The molecule has 4 unspecified atom stereocenters. The van der Waals surface area contributed by atoms with E-state index in [4.69, 9.17) is 27.9 Å². The summed E-state index contributed by atoms with van der Waals surface area (Å²) < 4.78 is 62.3. The molecule has 15 heteroatoms. The third kappa shape index (κ3) is 6.15.